The topological polar surface area (TPSA) is 28.2 Å². The highest BCUT2D eigenvalue weighted by atomic mass is 15.2. The number of hydrogen-bond donors (Lipinski definition) is 1. The lowest BCUT2D eigenvalue weighted by Crippen LogP contribution is -2.33. The standard InChI is InChI=1S/C14H23N3/c1-3-15-11-13-4-7-16-14(10-13)17-8-5-12(2)6-9-17/h4,7,10,12,15H,3,5-6,8-9,11H2,1-2H3. The van der Waals surface area contributed by atoms with E-state index in [2.05, 4.69) is 41.2 Å². The summed E-state index contributed by atoms with van der Waals surface area (Å²) in [5.41, 5.74) is 1.33. The summed E-state index contributed by atoms with van der Waals surface area (Å²) in [6.45, 7) is 8.73. The minimum Gasteiger partial charge on any atom is -0.357 e. The second kappa shape index (κ2) is 6.01. The van der Waals surface area contributed by atoms with Gasteiger partial charge in [-0.25, -0.2) is 4.98 Å². The van der Waals surface area contributed by atoms with Gasteiger partial charge in [-0.3, -0.25) is 0 Å². The lowest BCUT2D eigenvalue weighted by atomic mass is 9.99. The van der Waals surface area contributed by atoms with Crippen molar-refractivity contribution in [1.29, 1.82) is 0 Å². The summed E-state index contributed by atoms with van der Waals surface area (Å²) in [5.74, 6) is 2.02. The third-order valence-corrected chi connectivity index (χ3v) is 3.50. The molecule has 1 aliphatic rings. The number of nitrogens with one attached hydrogen (secondary N) is 1. The van der Waals surface area contributed by atoms with Crippen LogP contribution in [-0.2, 0) is 6.54 Å². The fourth-order valence-corrected chi connectivity index (χ4v) is 2.25. The zero-order chi connectivity index (χ0) is 12.1. The van der Waals surface area contributed by atoms with Gasteiger partial charge in [-0.15, -0.1) is 0 Å². The molecule has 1 aliphatic heterocycles. The molecular formula is C14H23N3. The van der Waals surface area contributed by atoms with E-state index in [1.54, 1.807) is 0 Å². The van der Waals surface area contributed by atoms with Crippen molar-refractivity contribution < 1.29 is 0 Å². The van der Waals surface area contributed by atoms with Gasteiger partial charge in [-0.1, -0.05) is 13.8 Å². The summed E-state index contributed by atoms with van der Waals surface area (Å²) in [4.78, 5) is 6.91. The van der Waals surface area contributed by atoms with Crippen LogP contribution in [0.1, 0.15) is 32.3 Å². The summed E-state index contributed by atoms with van der Waals surface area (Å²) in [6.07, 6.45) is 4.51. The molecule has 0 aliphatic carbocycles. The van der Waals surface area contributed by atoms with Gasteiger partial charge in [0.2, 0.25) is 0 Å². The van der Waals surface area contributed by atoms with Crippen molar-refractivity contribution in [3.63, 3.8) is 0 Å². The molecule has 1 aromatic rings. The number of rotatable bonds is 4. The van der Waals surface area contributed by atoms with Gasteiger partial charge < -0.3 is 10.2 Å². The van der Waals surface area contributed by atoms with Crippen LogP contribution < -0.4 is 10.2 Å². The third-order valence-electron chi connectivity index (χ3n) is 3.50. The Morgan fingerprint density at radius 2 is 2.18 bits per heavy atom. The van der Waals surface area contributed by atoms with Crippen molar-refractivity contribution >= 4 is 5.82 Å². The Kier molecular flexibility index (Phi) is 4.37. The molecule has 0 unspecified atom stereocenters. The normalized spacial score (nSPS) is 17.4. The number of hydrogen-bond acceptors (Lipinski definition) is 3. The maximum atomic E-state index is 4.49. The molecule has 0 spiro atoms. The van der Waals surface area contributed by atoms with Gasteiger partial charge in [0.05, 0.1) is 0 Å². The molecule has 1 N–H and O–H groups in total. The minimum atomic E-state index is 0.871. The Morgan fingerprint density at radius 1 is 1.41 bits per heavy atom. The molecule has 0 amide bonds. The van der Waals surface area contributed by atoms with Gasteiger partial charge in [-0.2, -0.15) is 0 Å². The molecule has 1 fully saturated rings. The first-order chi connectivity index (χ1) is 8.29. The SMILES string of the molecule is CCNCc1ccnc(N2CCC(C)CC2)c1. The van der Waals surface area contributed by atoms with Crippen molar-refractivity contribution in [3.05, 3.63) is 23.9 Å². The highest BCUT2D eigenvalue weighted by Crippen LogP contribution is 2.21. The van der Waals surface area contributed by atoms with E-state index in [0.29, 0.717) is 0 Å². The van der Waals surface area contributed by atoms with E-state index in [-0.39, 0.29) is 0 Å². The van der Waals surface area contributed by atoms with Gasteiger partial charge in [0.1, 0.15) is 5.82 Å². The second-order valence-electron chi connectivity index (χ2n) is 4.97. The molecular weight excluding hydrogens is 210 g/mol. The number of nitrogens with zero attached hydrogens (tertiary/aromatic N) is 2. The van der Waals surface area contributed by atoms with E-state index in [1.165, 1.54) is 18.4 Å². The molecule has 3 nitrogen and oxygen atoms in total. The lowest BCUT2D eigenvalue weighted by molar-refractivity contribution is 0.436. The molecule has 94 valence electrons. The molecule has 2 heterocycles. The smallest absolute Gasteiger partial charge is 0.128 e. The zero-order valence-electron chi connectivity index (χ0n) is 10.9. The van der Waals surface area contributed by atoms with Crippen LogP contribution in [0.2, 0.25) is 0 Å². The molecule has 3 heteroatoms. The first-order valence-electron chi connectivity index (χ1n) is 6.70. The summed E-state index contributed by atoms with van der Waals surface area (Å²) >= 11 is 0. The molecule has 17 heavy (non-hydrogen) atoms. The lowest BCUT2D eigenvalue weighted by Gasteiger charge is -2.31. The Labute approximate surface area is 104 Å². The molecule has 1 saturated heterocycles. The molecule has 0 aromatic carbocycles. The van der Waals surface area contributed by atoms with Crippen molar-refractivity contribution in [2.24, 2.45) is 5.92 Å². The molecule has 0 saturated carbocycles. The third kappa shape index (κ3) is 3.43. The van der Waals surface area contributed by atoms with Crippen LogP contribution >= 0.6 is 0 Å². The van der Waals surface area contributed by atoms with Crippen LogP contribution in [0, 0.1) is 5.92 Å². The Balaban J connectivity index is 2.00. The fourth-order valence-electron chi connectivity index (χ4n) is 2.25. The van der Waals surface area contributed by atoms with E-state index in [9.17, 15) is 0 Å². The maximum absolute atomic E-state index is 4.49. The number of anilines is 1. The number of piperidine rings is 1. The van der Waals surface area contributed by atoms with Crippen LogP contribution in [0.15, 0.2) is 18.3 Å². The van der Waals surface area contributed by atoms with Gasteiger partial charge >= 0.3 is 0 Å². The van der Waals surface area contributed by atoms with Gasteiger partial charge in [0.25, 0.3) is 0 Å². The van der Waals surface area contributed by atoms with Gasteiger partial charge in [0.15, 0.2) is 0 Å². The molecule has 0 bridgehead atoms. The van der Waals surface area contributed by atoms with Crippen LogP contribution in [0.3, 0.4) is 0 Å². The predicted molar refractivity (Wildman–Crippen MR) is 72.2 cm³/mol. The van der Waals surface area contributed by atoms with Crippen molar-refractivity contribution in [3.8, 4) is 0 Å². The van der Waals surface area contributed by atoms with E-state index < -0.39 is 0 Å². The Morgan fingerprint density at radius 3 is 2.88 bits per heavy atom. The van der Waals surface area contributed by atoms with Crippen molar-refractivity contribution in [1.82, 2.24) is 10.3 Å². The van der Waals surface area contributed by atoms with Crippen molar-refractivity contribution in [2.45, 2.75) is 33.2 Å². The average molecular weight is 233 g/mol. The highest BCUT2D eigenvalue weighted by Gasteiger charge is 2.16. The monoisotopic (exact) mass is 233 g/mol. The molecule has 2 rings (SSSR count). The largest absolute Gasteiger partial charge is 0.357 e. The van der Waals surface area contributed by atoms with Gasteiger partial charge in [0, 0.05) is 25.8 Å². The summed E-state index contributed by atoms with van der Waals surface area (Å²) in [7, 11) is 0. The summed E-state index contributed by atoms with van der Waals surface area (Å²) in [5, 5.41) is 3.36. The molecule has 0 atom stereocenters. The zero-order valence-corrected chi connectivity index (χ0v) is 10.9. The molecule has 0 radical (unpaired) electrons. The minimum absolute atomic E-state index is 0.871. The highest BCUT2D eigenvalue weighted by molar-refractivity contribution is 5.41. The van der Waals surface area contributed by atoms with E-state index in [4.69, 9.17) is 0 Å². The Bertz CT molecular complexity index is 343. The Hall–Kier alpha value is -1.09. The predicted octanol–water partition coefficient (Wildman–Crippen LogP) is 2.43. The quantitative estimate of drug-likeness (QED) is 0.865. The van der Waals surface area contributed by atoms with E-state index in [0.717, 1.165) is 37.9 Å². The van der Waals surface area contributed by atoms with Crippen LogP contribution in [0.25, 0.3) is 0 Å². The fraction of sp³-hybridized carbons (Fsp3) is 0.643. The van der Waals surface area contributed by atoms with Crippen LogP contribution in [-0.4, -0.2) is 24.6 Å². The first-order valence-corrected chi connectivity index (χ1v) is 6.70. The maximum Gasteiger partial charge on any atom is 0.128 e. The second-order valence-corrected chi connectivity index (χ2v) is 4.97. The summed E-state index contributed by atoms with van der Waals surface area (Å²) in [6, 6.07) is 4.32. The van der Waals surface area contributed by atoms with Crippen LogP contribution in [0.4, 0.5) is 5.82 Å². The van der Waals surface area contributed by atoms with E-state index >= 15 is 0 Å². The number of aromatic nitrogens is 1. The van der Waals surface area contributed by atoms with Crippen molar-refractivity contribution in [2.75, 3.05) is 24.5 Å². The van der Waals surface area contributed by atoms with Gasteiger partial charge in [-0.05, 0) is 43.0 Å². The van der Waals surface area contributed by atoms with E-state index in [1.807, 2.05) is 6.20 Å². The summed E-state index contributed by atoms with van der Waals surface area (Å²) < 4.78 is 0. The van der Waals surface area contributed by atoms with Crippen LogP contribution in [0.5, 0.6) is 0 Å². The number of pyridine rings is 1. The average Bonchev–Trinajstić information content (AvgIpc) is 2.37. The first kappa shape index (κ1) is 12.4. The molecule has 1 aromatic heterocycles.